The highest BCUT2D eigenvalue weighted by Gasteiger charge is 2.09. The molecule has 0 spiro atoms. The maximum absolute atomic E-state index is 13.1. The normalized spacial score (nSPS) is 10.8. The quantitative estimate of drug-likeness (QED) is 0.930. The first-order chi connectivity index (χ1) is 9.45. The third-order valence-corrected chi connectivity index (χ3v) is 3.25. The van der Waals surface area contributed by atoms with Crippen molar-refractivity contribution < 1.29 is 13.5 Å². The van der Waals surface area contributed by atoms with Crippen molar-refractivity contribution in [2.24, 2.45) is 0 Å². The minimum atomic E-state index is -0.885. The minimum Gasteiger partial charge on any atom is -0.473 e. The number of halogens is 2. The van der Waals surface area contributed by atoms with Crippen molar-refractivity contribution in [2.45, 2.75) is 29.9 Å². The molecular weight excluding hydrogens is 282 g/mol. The van der Waals surface area contributed by atoms with E-state index in [2.05, 4.69) is 4.98 Å². The summed E-state index contributed by atoms with van der Waals surface area (Å²) in [5.41, 5.74) is 6.21. The predicted molar refractivity (Wildman–Crippen MR) is 74.9 cm³/mol. The fourth-order valence-electron chi connectivity index (χ4n) is 1.47. The Bertz CT molecular complexity index is 620. The Labute approximate surface area is 120 Å². The van der Waals surface area contributed by atoms with E-state index in [1.165, 1.54) is 17.8 Å². The van der Waals surface area contributed by atoms with Crippen LogP contribution < -0.4 is 10.5 Å². The van der Waals surface area contributed by atoms with Gasteiger partial charge < -0.3 is 10.5 Å². The predicted octanol–water partition coefficient (Wildman–Crippen LogP) is 3.88. The SMILES string of the molecule is CC(C)Oc1nc(Sc2ccc(F)c(F)c2)ccc1N. The summed E-state index contributed by atoms with van der Waals surface area (Å²) in [5.74, 6) is -1.42. The summed E-state index contributed by atoms with van der Waals surface area (Å²) >= 11 is 1.21. The van der Waals surface area contributed by atoms with Crippen molar-refractivity contribution in [2.75, 3.05) is 5.73 Å². The van der Waals surface area contributed by atoms with Crippen molar-refractivity contribution in [3.8, 4) is 5.88 Å². The number of pyridine rings is 1. The molecule has 0 bridgehead atoms. The molecule has 0 radical (unpaired) electrons. The summed E-state index contributed by atoms with van der Waals surface area (Å²) in [6.45, 7) is 3.74. The van der Waals surface area contributed by atoms with Gasteiger partial charge in [0.05, 0.1) is 11.8 Å². The summed E-state index contributed by atoms with van der Waals surface area (Å²) in [6, 6.07) is 7.08. The van der Waals surface area contributed by atoms with E-state index in [9.17, 15) is 8.78 Å². The molecule has 20 heavy (non-hydrogen) atoms. The van der Waals surface area contributed by atoms with Crippen molar-refractivity contribution in [3.63, 3.8) is 0 Å². The molecular formula is C14H14F2N2OS. The van der Waals surface area contributed by atoms with E-state index < -0.39 is 11.6 Å². The van der Waals surface area contributed by atoms with Gasteiger partial charge in [-0.25, -0.2) is 13.8 Å². The Morgan fingerprint density at radius 3 is 2.55 bits per heavy atom. The van der Waals surface area contributed by atoms with Crippen LogP contribution in [-0.2, 0) is 0 Å². The number of anilines is 1. The van der Waals surface area contributed by atoms with Gasteiger partial charge in [0.15, 0.2) is 11.6 Å². The number of hydrogen-bond acceptors (Lipinski definition) is 4. The standard InChI is InChI=1S/C14H14F2N2OS/c1-8(2)19-14-12(17)5-6-13(18-14)20-9-3-4-10(15)11(16)7-9/h3-8H,17H2,1-2H3. The van der Waals surface area contributed by atoms with Gasteiger partial charge in [0, 0.05) is 4.90 Å². The van der Waals surface area contributed by atoms with Crippen LogP contribution in [0.2, 0.25) is 0 Å². The first kappa shape index (κ1) is 14.6. The molecule has 0 amide bonds. The van der Waals surface area contributed by atoms with Gasteiger partial charge >= 0.3 is 0 Å². The van der Waals surface area contributed by atoms with Crippen LogP contribution in [0, 0.1) is 11.6 Å². The average molecular weight is 296 g/mol. The molecule has 0 atom stereocenters. The summed E-state index contributed by atoms with van der Waals surface area (Å²) < 4.78 is 31.5. The van der Waals surface area contributed by atoms with Crippen LogP contribution in [0.25, 0.3) is 0 Å². The zero-order chi connectivity index (χ0) is 14.7. The van der Waals surface area contributed by atoms with Crippen LogP contribution >= 0.6 is 11.8 Å². The molecule has 0 saturated heterocycles. The smallest absolute Gasteiger partial charge is 0.238 e. The molecule has 0 aliphatic carbocycles. The maximum Gasteiger partial charge on any atom is 0.238 e. The summed E-state index contributed by atoms with van der Waals surface area (Å²) in [6.07, 6.45) is -0.0479. The van der Waals surface area contributed by atoms with Crippen LogP contribution in [0.4, 0.5) is 14.5 Å². The molecule has 2 rings (SSSR count). The number of ether oxygens (including phenoxy) is 1. The first-order valence-corrected chi connectivity index (χ1v) is 6.83. The number of benzene rings is 1. The molecule has 6 heteroatoms. The van der Waals surface area contributed by atoms with Crippen LogP contribution in [0.1, 0.15) is 13.8 Å². The Kier molecular flexibility index (Phi) is 4.44. The molecule has 106 valence electrons. The zero-order valence-corrected chi connectivity index (χ0v) is 11.9. The van der Waals surface area contributed by atoms with Gasteiger partial charge in [0.1, 0.15) is 5.03 Å². The Morgan fingerprint density at radius 1 is 1.15 bits per heavy atom. The number of rotatable bonds is 4. The maximum atomic E-state index is 13.1. The van der Waals surface area contributed by atoms with Gasteiger partial charge in [-0.2, -0.15) is 0 Å². The zero-order valence-electron chi connectivity index (χ0n) is 11.1. The molecule has 0 saturated carbocycles. The summed E-state index contributed by atoms with van der Waals surface area (Å²) in [7, 11) is 0. The number of nitrogens with zero attached hydrogens (tertiary/aromatic N) is 1. The van der Waals surface area contributed by atoms with E-state index in [0.717, 1.165) is 12.1 Å². The second kappa shape index (κ2) is 6.09. The lowest BCUT2D eigenvalue weighted by molar-refractivity contribution is 0.232. The third kappa shape index (κ3) is 3.60. The lowest BCUT2D eigenvalue weighted by atomic mass is 10.3. The molecule has 2 aromatic rings. The molecule has 0 unspecified atom stereocenters. The Balaban J connectivity index is 2.22. The third-order valence-electron chi connectivity index (χ3n) is 2.32. The van der Waals surface area contributed by atoms with E-state index in [0.29, 0.717) is 21.5 Å². The van der Waals surface area contributed by atoms with E-state index in [4.69, 9.17) is 10.5 Å². The highest BCUT2D eigenvalue weighted by Crippen LogP contribution is 2.30. The van der Waals surface area contributed by atoms with E-state index in [1.807, 2.05) is 13.8 Å². The van der Waals surface area contributed by atoms with Crippen LogP contribution in [0.5, 0.6) is 5.88 Å². The van der Waals surface area contributed by atoms with Crippen LogP contribution in [0.3, 0.4) is 0 Å². The monoisotopic (exact) mass is 296 g/mol. The largest absolute Gasteiger partial charge is 0.473 e. The second-order valence-corrected chi connectivity index (χ2v) is 5.48. The Hall–Kier alpha value is -1.82. The highest BCUT2D eigenvalue weighted by atomic mass is 32.2. The second-order valence-electron chi connectivity index (χ2n) is 4.39. The van der Waals surface area contributed by atoms with Crippen LogP contribution in [0.15, 0.2) is 40.3 Å². The lowest BCUT2D eigenvalue weighted by Crippen LogP contribution is -2.09. The van der Waals surface area contributed by atoms with E-state index in [1.54, 1.807) is 12.1 Å². The molecule has 0 aliphatic rings. The highest BCUT2D eigenvalue weighted by molar-refractivity contribution is 7.99. The number of aromatic nitrogens is 1. The fraction of sp³-hybridized carbons (Fsp3) is 0.214. The lowest BCUT2D eigenvalue weighted by Gasteiger charge is -2.12. The van der Waals surface area contributed by atoms with Gasteiger partial charge in [0.25, 0.3) is 0 Å². The number of hydrogen-bond donors (Lipinski definition) is 1. The number of nitrogens with two attached hydrogens (primary N) is 1. The molecule has 1 aromatic heterocycles. The van der Waals surface area contributed by atoms with Crippen molar-refractivity contribution in [3.05, 3.63) is 42.0 Å². The number of nitrogen functional groups attached to an aromatic ring is 1. The van der Waals surface area contributed by atoms with Crippen molar-refractivity contribution in [1.29, 1.82) is 0 Å². The molecule has 2 N–H and O–H groups in total. The Morgan fingerprint density at radius 2 is 1.90 bits per heavy atom. The molecule has 1 aromatic carbocycles. The van der Waals surface area contributed by atoms with Crippen molar-refractivity contribution >= 4 is 17.4 Å². The van der Waals surface area contributed by atoms with Gasteiger partial charge in [-0.1, -0.05) is 11.8 Å². The van der Waals surface area contributed by atoms with Gasteiger partial charge in [-0.05, 0) is 44.2 Å². The van der Waals surface area contributed by atoms with Gasteiger partial charge in [-0.15, -0.1) is 0 Å². The summed E-state index contributed by atoms with van der Waals surface area (Å²) in [5, 5.41) is 0.598. The summed E-state index contributed by atoms with van der Waals surface area (Å²) in [4.78, 5) is 4.81. The molecule has 0 fully saturated rings. The molecule has 1 heterocycles. The van der Waals surface area contributed by atoms with Crippen LogP contribution in [-0.4, -0.2) is 11.1 Å². The van der Waals surface area contributed by atoms with Gasteiger partial charge in [-0.3, -0.25) is 0 Å². The van der Waals surface area contributed by atoms with Gasteiger partial charge in [0.2, 0.25) is 5.88 Å². The van der Waals surface area contributed by atoms with Crippen molar-refractivity contribution in [1.82, 2.24) is 4.98 Å². The first-order valence-electron chi connectivity index (χ1n) is 6.02. The minimum absolute atomic E-state index is 0.0479. The molecule has 3 nitrogen and oxygen atoms in total. The van der Waals surface area contributed by atoms with E-state index >= 15 is 0 Å². The molecule has 0 aliphatic heterocycles. The van der Waals surface area contributed by atoms with E-state index in [-0.39, 0.29) is 6.10 Å². The topological polar surface area (TPSA) is 48.1 Å². The average Bonchev–Trinajstić information content (AvgIpc) is 2.37. The fourth-order valence-corrected chi connectivity index (χ4v) is 2.27.